The van der Waals surface area contributed by atoms with E-state index in [0.29, 0.717) is 0 Å². The number of hydrogen-bond donors (Lipinski definition) is 2. The van der Waals surface area contributed by atoms with Crippen LogP contribution < -0.4 is 5.73 Å². The van der Waals surface area contributed by atoms with Gasteiger partial charge in [-0.15, -0.1) is 0 Å². The number of nitrogens with two attached hydrogens (primary N) is 1. The molecule has 0 spiro atoms. The molecule has 44 valence electrons. The largest absolute Gasteiger partial charge is 0.378 e. The average molecular weight is 215 g/mol. The fourth-order valence-electron chi connectivity index (χ4n) is 0. The molecular weight excluding hydrogens is 205 g/mol. The smallest absolute Gasteiger partial charge is 0.127 e. The topological polar surface area (TPSA) is 46.2 Å². The Bertz CT molecular complexity index is 57.2. The van der Waals surface area contributed by atoms with Gasteiger partial charge in [0, 0.05) is 6.04 Å². The summed E-state index contributed by atoms with van der Waals surface area (Å²) in [5.74, 6) is 0. The molecule has 0 unspecified atom stereocenters. The molecule has 0 aliphatic rings. The average Bonchev–Trinajstić information content (AvgIpc) is 1.31. The van der Waals surface area contributed by atoms with Crippen molar-refractivity contribution >= 4 is 22.6 Å². The third kappa shape index (κ3) is 3.25. The van der Waals surface area contributed by atoms with Gasteiger partial charge < -0.3 is 10.8 Å². The maximum Gasteiger partial charge on any atom is 0.127 e. The molecule has 0 aromatic heterocycles. The predicted molar refractivity (Wildman–Crippen MR) is 38.3 cm³/mol. The zero-order chi connectivity index (χ0) is 6.08. The monoisotopic (exact) mass is 215 g/mol. The predicted octanol–water partition coefficient (Wildman–Crippen LogP) is 0.477. The first-order valence-corrected chi connectivity index (χ1v) is 3.19. The van der Waals surface area contributed by atoms with Gasteiger partial charge in [-0.3, -0.25) is 0 Å². The van der Waals surface area contributed by atoms with Crippen LogP contribution in [0.5, 0.6) is 0 Å². The number of aliphatic hydroxyl groups is 1. The molecule has 0 heterocycles. The molecule has 0 fully saturated rings. The Hall–Kier alpha value is 0.650. The lowest BCUT2D eigenvalue weighted by atomic mass is 10.2. The van der Waals surface area contributed by atoms with Crippen LogP contribution in [-0.2, 0) is 0 Å². The molecule has 0 aromatic rings. The van der Waals surface area contributed by atoms with Crippen molar-refractivity contribution in [2.45, 2.75) is 23.5 Å². The minimum atomic E-state index is -0.752. The van der Waals surface area contributed by atoms with E-state index >= 15 is 0 Å². The van der Waals surface area contributed by atoms with E-state index in [-0.39, 0.29) is 6.04 Å². The zero-order valence-corrected chi connectivity index (χ0v) is 6.64. The van der Waals surface area contributed by atoms with Gasteiger partial charge in [0.25, 0.3) is 0 Å². The Morgan fingerprint density at radius 1 is 1.86 bits per heavy atom. The lowest BCUT2D eigenvalue weighted by Crippen LogP contribution is -2.37. The van der Waals surface area contributed by atoms with Gasteiger partial charge in [0.05, 0.1) is 0 Å². The van der Waals surface area contributed by atoms with Crippen molar-refractivity contribution in [3.05, 3.63) is 0 Å². The summed E-state index contributed by atoms with van der Waals surface area (Å²) >= 11 is 1.90. The van der Waals surface area contributed by atoms with Crippen LogP contribution in [0.4, 0.5) is 0 Å². The Labute approximate surface area is 57.2 Å². The van der Waals surface area contributed by atoms with Gasteiger partial charge in [0.15, 0.2) is 0 Å². The highest BCUT2D eigenvalue weighted by Crippen LogP contribution is 2.15. The quantitative estimate of drug-likeness (QED) is 0.493. The van der Waals surface area contributed by atoms with E-state index in [1.165, 1.54) is 0 Å². The van der Waals surface area contributed by atoms with Gasteiger partial charge in [0.2, 0.25) is 0 Å². The van der Waals surface area contributed by atoms with E-state index in [4.69, 9.17) is 10.8 Å². The number of halogens is 1. The molecule has 2 atom stereocenters. The van der Waals surface area contributed by atoms with Crippen LogP contribution in [0, 0.1) is 0 Å². The third-order valence-corrected chi connectivity index (χ3v) is 1.81. The summed E-state index contributed by atoms with van der Waals surface area (Å²) in [7, 11) is 0. The summed E-state index contributed by atoms with van der Waals surface area (Å²) < 4.78 is -0.752. The fourth-order valence-corrected chi connectivity index (χ4v) is 0. The van der Waals surface area contributed by atoms with Crippen molar-refractivity contribution in [3.8, 4) is 0 Å². The number of hydrogen-bond acceptors (Lipinski definition) is 2. The van der Waals surface area contributed by atoms with Crippen molar-refractivity contribution in [2.24, 2.45) is 5.73 Å². The molecule has 0 saturated carbocycles. The highest BCUT2D eigenvalue weighted by atomic mass is 127. The van der Waals surface area contributed by atoms with E-state index in [2.05, 4.69) is 0 Å². The van der Waals surface area contributed by atoms with Gasteiger partial charge in [-0.25, -0.2) is 0 Å². The summed E-state index contributed by atoms with van der Waals surface area (Å²) in [5.41, 5.74) is 5.31. The Morgan fingerprint density at radius 3 is 2.00 bits per heavy atom. The van der Waals surface area contributed by atoms with Crippen LogP contribution >= 0.6 is 22.6 Å². The van der Waals surface area contributed by atoms with E-state index in [9.17, 15) is 0 Å². The number of alkyl halides is 1. The standard InChI is InChI=1S/C4H10INO/c1-3(6)4(2,5)7/h3,7H,6H2,1-2H3/t3-,4+/m0/s1. The van der Waals surface area contributed by atoms with Crippen LogP contribution in [0.1, 0.15) is 13.8 Å². The highest BCUT2D eigenvalue weighted by molar-refractivity contribution is 14.1. The van der Waals surface area contributed by atoms with Crippen LogP contribution in [-0.4, -0.2) is 14.8 Å². The Balaban J connectivity index is 3.54. The molecule has 2 nitrogen and oxygen atoms in total. The maximum atomic E-state index is 8.96. The molecule has 0 aromatic carbocycles. The third-order valence-electron chi connectivity index (χ3n) is 0.831. The van der Waals surface area contributed by atoms with Crippen molar-refractivity contribution in [1.29, 1.82) is 0 Å². The van der Waals surface area contributed by atoms with Gasteiger partial charge in [-0.1, -0.05) is 0 Å². The second kappa shape index (κ2) is 2.28. The molecule has 0 radical (unpaired) electrons. The van der Waals surface area contributed by atoms with Gasteiger partial charge in [-0.2, -0.15) is 0 Å². The Morgan fingerprint density at radius 2 is 2.00 bits per heavy atom. The number of rotatable bonds is 1. The van der Waals surface area contributed by atoms with Crippen LogP contribution in [0.25, 0.3) is 0 Å². The SMILES string of the molecule is C[C@H](N)[C@@](C)(O)I. The summed E-state index contributed by atoms with van der Waals surface area (Å²) in [5, 5.41) is 8.96. The molecule has 0 rings (SSSR count). The van der Waals surface area contributed by atoms with Crippen molar-refractivity contribution in [1.82, 2.24) is 0 Å². The summed E-state index contributed by atoms with van der Waals surface area (Å²) in [6, 6.07) is -0.159. The molecule has 3 N–H and O–H groups in total. The molecule has 0 bridgehead atoms. The van der Waals surface area contributed by atoms with E-state index < -0.39 is 3.61 Å². The van der Waals surface area contributed by atoms with Crippen molar-refractivity contribution in [3.63, 3.8) is 0 Å². The fraction of sp³-hybridized carbons (Fsp3) is 1.00. The van der Waals surface area contributed by atoms with E-state index in [1.807, 2.05) is 22.6 Å². The lowest BCUT2D eigenvalue weighted by molar-refractivity contribution is 0.152. The molecule has 0 aliphatic heterocycles. The van der Waals surface area contributed by atoms with Gasteiger partial charge in [0.1, 0.15) is 3.61 Å². The first-order chi connectivity index (χ1) is 2.94. The second-order valence-electron chi connectivity index (χ2n) is 1.81. The van der Waals surface area contributed by atoms with Gasteiger partial charge >= 0.3 is 0 Å². The highest BCUT2D eigenvalue weighted by Gasteiger charge is 2.19. The minimum absolute atomic E-state index is 0.159. The molecule has 0 amide bonds. The molecular formula is C4H10INO. The minimum Gasteiger partial charge on any atom is -0.378 e. The van der Waals surface area contributed by atoms with Crippen LogP contribution in [0.2, 0.25) is 0 Å². The van der Waals surface area contributed by atoms with Crippen LogP contribution in [0.15, 0.2) is 0 Å². The first kappa shape index (κ1) is 7.65. The van der Waals surface area contributed by atoms with E-state index in [0.717, 1.165) is 0 Å². The maximum absolute atomic E-state index is 8.96. The Kier molecular flexibility index (Phi) is 2.49. The molecule has 7 heavy (non-hydrogen) atoms. The van der Waals surface area contributed by atoms with Crippen molar-refractivity contribution in [2.75, 3.05) is 0 Å². The second-order valence-corrected chi connectivity index (χ2v) is 4.00. The molecule has 0 saturated heterocycles. The first-order valence-electron chi connectivity index (χ1n) is 2.11. The van der Waals surface area contributed by atoms with Gasteiger partial charge in [-0.05, 0) is 36.4 Å². The summed E-state index contributed by atoms with van der Waals surface area (Å²) in [6.07, 6.45) is 0. The van der Waals surface area contributed by atoms with Crippen molar-refractivity contribution < 1.29 is 5.11 Å². The summed E-state index contributed by atoms with van der Waals surface area (Å²) in [6.45, 7) is 3.45. The van der Waals surface area contributed by atoms with Crippen LogP contribution in [0.3, 0.4) is 0 Å². The zero-order valence-electron chi connectivity index (χ0n) is 4.48. The normalized spacial score (nSPS) is 23.6. The lowest BCUT2D eigenvalue weighted by Gasteiger charge is -2.18. The molecule has 0 aliphatic carbocycles. The summed E-state index contributed by atoms with van der Waals surface area (Å²) in [4.78, 5) is 0. The van der Waals surface area contributed by atoms with E-state index in [1.54, 1.807) is 13.8 Å². The molecule has 3 heteroatoms.